The molecule has 1 aliphatic heterocycles. The van der Waals surface area contributed by atoms with Crippen LogP contribution in [0.2, 0.25) is 0 Å². The molecule has 5 rings (SSSR count). The standard InChI is InChI=1S/C27H30N2O6/c30-24(31)13-17-14-34-12-9-23(17)29-25(32)27(10-11-27)16-28-26(33)35-15-22-20-7-3-1-5-18(20)19-6-2-4-8-21(19)22/h1-8,17,22-23H,9-16H2,(H,28,33)(H,29,32)(H,30,31). The zero-order chi connectivity index (χ0) is 24.4. The summed E-state index contributed by atoms with van der Waals surface area (Å²) in [5.41, 5.74) is 3.97. The van der Waals surface area contributed by atoms with Crippen molar-refractivity contribution in [3.05, 3.63) is 59.7 Å². The van der Waals surface area contributed by atoms with E-state index in [0.717, 1.165) is 11.1 Å². The van der Waals surface area contributed by atoms with E-state index in [-0.39, 0.29) is 43.4 Å². The highest BCUT2D eigenvalue weighted by molar-refractivity contribution is 5.86. The normalized spacial score (nSPS) is 21.9. The van der Waals surface area contributed by atoms with Crippen molar-refractivity contribution in [3.63, 3.8) is 0 Å². The van der Waals surface area contributed by atoms with Gasteiger partial charge in [-0.05, 0) is 41.5 Å². The van der Waals surface area contributed by atoms with Gasteiger partial charge in [0.1, 0.15) is 6.61 Å². The Morgan fingerprint density at radius 3 is 2.31 bits per heavy atom. The fourth-order valence-electron chi connectivity index (χ4n) is 5.26. The maximum Gasteiger partial charge on any atom is 0.407 e. The summed E-state index contributed by atoms with van der Waals surface area (Å²) < 4.78 is 11.0. The molecule has 8 heteroatoms. The molecule has 2 amide bonds. The summed E-state index contributed by atoms with van der Waals surface area (Å²) in [5.74, 6) is -1.32. The van der Waals surface area contributed by atoms with Crippen LogP contribution in [-0.2, 0) is 19.1 Å². The number of benzene rings is 2. The van der Waals surface area contributed by atoms with E-state index in [2.05, 4.69) is 34.9 Å². The molecule has 3 aliphatic rings. The fraction of sp³-hybridized carbons (Fsp3) is 0.444. The quantitative estimate of drug-likeness (QED) is 0.537. The van der Waals surface area contributed by atoms with Gasteiger partial charge in [0.2, 0.25) is 5.91 Å². The SMILES string of the molecule is O=C(O)CC1COCCC1NC(=O)C1(CNC(=O)OCC2c3ccccc3-c3ccccc32)CC1. The van der Waals surface area contributed by atoms with Crippen molar-refractivity contribution >= 4 is 18.0 Å². The average Bonchev–Trinajstić information content (AvgIpc) is 3.59. The van der Waals surface area contributed by atoms with Gasteiger partial charge in [-0.3, -0.25) is 9.59 Å². The van der Waals surface area contributed by atoms with Gasteiger partial charge in [0.05, 0.1) is 18.4 Å². The number of carboxylic acid groups (broad SMARTS) is 1. The van der Waals surface area contributed by atoms with Crippen LogP contribution in [0, 0.1) is 11.3 Å². The fourth-order valence-corrected chi connectivity index (χ4v) is 5.26. The van der Waals surface area contributed by atoms with Crippen molar-refractivity contribution in [1.29, 1.82) is 0 Å². The van der Waals surface area contributed by atoms with E-state index in [1.54, 1.807) is 0 Å². The zero-order valence-electron chi connectivity index (χ0n) is 19.5. The summed E-state index contributed by atoms with van der Waals surface area (Å²) in [7, 11) is 0. The molecule has 2 unspecified atom stereocenters. The van der Waals surface area contributed by atoms with Crippen molar-refractivity contribution < 1.29 is 29.0 Å². The molecule has 0 spiro atoms. The first-order valence-electron chi connectivity index (χ1n) is 12.2. The predicted molar refractivity (Wildman–Crippen MR) is 128 cm³/mol. The lowest BCUT2D eigenvalue weighted by Gasteiger charge is -2.32. The van der Waals surface area contributed by atoms with Crippen LogP contribution in [0.1, 0.15) is 42.7 Å². The Morgan fingerprint density at radius 2 is 1.69 bits per heavy atom. The molecule has 2 aliphatic carbocycles. The second-order valence-corrected chi connectivity index (χ2v) is 9.76. The smallest absolute Gasteiger partial charge is 0.407 e. The molecule has 2 fully saturated rings. The second-order valence-electron chi connectivity index (χ2n) is 9.76. The van der Waals surface area contributed by atoms with Crippen molar-refractivity contribution in [2.75, 3.05) is 26.4 Å². The molecule has 8 nitrogen and oxygen atoms in total. The van der Waals surface area contributed by atoms with E-state index in [1.165, 1.54) is 11.1 Å². The van der Waals surface area contributed by atoms with Crippen LogP contribution in [0.5, 0.6) is 0 Å². The summed E-state index contributed by atoms with van der Waals surface area (Å²) in [6, 6.07) is 16.1. The lowest BCUT2D eigenvalue weighted by Crippen LogP contribution is -2.50. The number of carboxylic acids is 1. The van der Waals surface area contributed by atoms with E-state index >= 15 is 0 Å². The first kappa shape index (κ1) is 23.4. The number of carbonyl (C=O) groups excluding carboxylic acids is 2. The molecule has 1 saturated heterocycles. The maximum atomic E-state index is 13.0. The molecule has 0 bridgehead atoms. The highest BCUT2D eigenvalue weighted by Crippen LogP contribution is 2.46. The topological polar surface area (TPSA) is 114 Å². The number of fused-ring (bicyclic) bond motifs is 3. The molecule has 2 aromatic carbocycles. The minimum absolute atomic E-state index is 0.0222. The number of ether oxygens (including phenoxy) is 2. The highest BCUT2D eigenvalue weighted by Gasteiger charge is 2.51. The third-order valence-electron chi connectivity index (χ3n) is 7.48. The molecule has 1 heterocycles. The zero-order valence-corrected chi connectivity index (χ0v) is 19.5. The Morgan fingerprint density at radius 1 is 1.03 bits per heavy atom. The van der Waals surface area contributed by atoms with Gasteiger partial charge in [-0.2, -0.15) is 0 Å². The minimum atomic E-state index is -0.905. The Bertz CT molecular complexity index is 1080. The number of nitrogens with one attached hydrogen (secondary N) is 2. The van der Waals surface area contributed by atoms with Crippen LogP contribution >= 0.6 is 0 Å². The van der Waals surface area contributed by atoms with Gasteiger partial charge < -0.3 is 25.2 Å². The van der Waals surface area contributed by atoms with Crippen molar-refractivity contribution in [1.82, 2.24) is 10.6 Å². The number of hydrogen-bond donors (Lipinski definition) is 3. The molecule has 2 atom stereocenters. The Kier molecular flexibility index (Phi) is 6.47. The summed E-state index contributed by atoms with van der Waals surface area (Å²) in [6.45, 7) is 1.23. The molecule has 35 heavy (non-hydrogen) atoms. The molecular formula is C27H30N2O6. The van der Waals surface area contributed by atoms with E-state index in [9.17, 15) is 14.4 Å². The summed E-state index contributed by atoms with van der Waals surface area (Å²) in [5, 5.41) is 14.9. The van der Waals surface area contributed by atoms with Gasteiger partial charge in [0.25, 0.3) is 0 Å². The summed E-state index contributed by atoms with van der Waals surface area (Å²) in [4.78, 5) is 36.7. The number of carbonyl (C=O) groups is 3. The Balaban J connectivity index is 1.15. The monoisotopic (exact) mass is 478 g/mol. The number of aliphatic carboxylic acids is 1. The lowest BCUT2D eigenvalue weighted by atomic mass is 9.91. The molecular weight excluding hydrogens is 448 g/mol. The van der Waals surface area contributed by atoms with E-state index in [4.69, 9.17) is 14.6 Å². The molecule has 0 radical (unpaired) electrons. The lowest BCUT2D eigenvalue weighted by molar-refractivity contribution is -0.140. The van der Waals surface area contributed by atoms with Crippen molar-refractivity contribution in [2.24, 2.45) is 11.3 Å². The maximum absolute atomic E-state index is 13.0. The minimum Gasteiger partial charge on any atom is -0.481 e. The van der Waals surface area contributed by atoms with Gasteiger partial charge in [0, 0.05) is 31.0 Å². The van der Waals surface area contributed by atoms with Crippen molar-refractivity contribution in [3.8, 4) is 11.1 Å². The van der Waals surface area contributed by atoms with Crippen molar-refractivity contribution in [2.45, 2.75) is 37.6 Å². The molecule has 1 saturated carbocycles. The van der Waals surface area contributed by atoms with Crippen LogP contribution in [0.15, 0.2) is 48.5 Å². The van der Waals surface area contributed by atoms with Crippen LogP contribution in [0.3, 0.4) is 0 Å². The Hall–Kier alpha value is -3.39. The number of hydrogen-bond acceptors (Lipinski definition) is 5. The first-order chi connectivity index (χ1) is 17.0. The predicted octanol–water partition coefficient (Wildman–Crippen LogP) is 3.30. The van der Waals surface area contributed by atoms with Gasteiger partial charge in [-0.1, -0.05) is 48.5 Å². The number of rotatable bonds is 8. The van der Waals surface area contributed by atoms with E-state index < -0.39 is 17.5 Å². The molecule has 3 N–H and O–H groups in total. The van der Waals surface area contributed by atoms with E-state index in [1.807, 2.05) is 24.3 Å². The van der Waals surface area contributed by atoms with Gasteiger partial charge >= 0.3 is 12.1 Å². The van der Waals surface area contributed by atoms with Crippen LogP contribution in [0.25, 0.3) is 11.1 Å². The van der Waals surface area contributed by atoms with Crippen LogP contribution < -0.4 is 10.6 Å². The van der Waals surface area contributed by atoms with Crippen LogP contribution in [0.4, 0.5) is 4.79 Å². The average molecular weight is 479 g/mol. The van der Waals surface area contributed by atoms with Crippen LogP contribution in [-0.4, -0.2) is 55.5 Å². The van der Waals surface area contributed by atoms with Gasteiger partial charge in [-0.15, -0.1) is 0 Å². The van der Waals surface area contributed by atoms with Gasteiger partial charge in [-0.25, -0.2) is 4.79 Å². The number of amides is 2. The third-order valence-corrected chi connectivity index (χ3v) is 7.48. The molecule has 184 valence electrons. The van der Waals surface area contributed by atoms with E-state index in [0.29, 0.717) is 32.5 Å². The first-order valence-corrected chi connectivity index (χ1v) is 12.2. The Labute approximate surface area is 204 Å². The molecule has 0 aromatic heterocycles. The second kappa shape index (κ2) is 9.70. The largest absolute Gasteiger partial charge is 0.481 e. The summed E-state index contributed by atoms with van der Waals surface area (Å²) in [6.07, 6.45) is 1.35. The highest BCUT2D eigenvalue weighted by atomic mass is 16.5. The summed E-state index contributed by atoms with van der Waals surface area (Å²) >= 11 is 0. The molecule has 2 aromatic rings. The van der Waals surface area contributed by atoms with Gasteiger partial charge in [0.15, 0.2) is 0 Å². The third kappa shape index (κ3) is 4.89. The number of alkyl carbamates (subject to hydrolysis) is 1.